The molecule has 0 amide bonds. The molecular formula is C18H32O4. The number of aliphatic hydroxyl groups is 2. The minimum Gasteiger partial charge on any atom is -0.481 e. The fraction of sp³-hybridized carbons (Fsp3) is 0.722. The van der Waals surface area contributed by atoms with E-state index in [1.807, 2.05) is 19.1 Å². The van der Waals surface area contributed by atoms with Crippen LogP contribution in [0.5, 0.6) is 0 Å². The molecule has 0 aromatic rings. The van der Waals surface area contributed by atoms with Crippen molar-refractivity contribution in [1.29, 1.82) is 0 Å². The molecule has 0 radical (unpaired) electrons. The number of rotatable bonds is 14. The maximum Gasteiger partial charge on any atom is 0.303 e. The second kappa shape index (κ2) is 14.8. The minimum atomic E-state index is -0.701. The molecule has 3 N–H and O–H groups in total. The van der Waals surface area contributed by atoms with Crippen LogP contribution in [0, 0.1) is 0 Å². The highest BCUT2D eigenvalue weighted by molar-refractivity contribution is 5.66. The van der Waals surface area contributed by atoms with Crippen LogP contribution in [0.15, 0.2) is 24.3 Å². The first-order valence-corrected chi connectivity index (χ1v) is 8.45. The van der Waals surface area contributed by atoms with Crippen LogP contribution in [0.2, 0.25) is 0 Å². The molecule has 0 rings (SSSR count). The van der Waals surface area contributed by atoms with Gasteiger partial charge in [-0.3, -0.25) is 4.79 Å². The van der Waals surface area contributed by atoms with Crippen molar-refractivity contribution < 1.29 is 20.1 Å². The first-order valence-electron chi connectivity index (χ1n) is 8.45. The lowest BCUT2D eigenvalue weighted by atomic mass is 10.1. The second-order valence-corrected chi connectivity index (χ2v) is 5.66. The molecule has 0 heterocycles. The predicted octanol–water partition coefficient (Wildman–Crippen LogP) is 3.83. The standard InChI is InChI=1S/C18H32O4/c1-2-16(19)17(20)14-12-10-8-6-4-3-5-7-9-11-13-15-18(21)22/h4,6,10,12,16-17,19-20H,2-3,5,7-9,11,13-15H2,1H3,(H,21,22)/b6-4-,12-10+/t16-,17+/m0/s1. The summed E-state index contributed by atoms with van der Waals surface area (Å²) in [5, 5.41) is 27.5. The van der Waals surface area contributed by atoms with E-state index in [2.05, 4.69) is 12.2 Å². The third kappa shape index (κ3) is 13.8. The molecule has 2 atom stereocenters. The van der Waals surface area contributed by atoms with Crippen molar-refractivity contribution in [1.82, 2.24) is 0 Å². The van der Waals surface area contributed by atoms with Crippen molar-refractivity contribution in [2.24, 2.45) is 0 Å². The predicted molar refractivity (Wildman–Crippen MR) is 89.8 cm³/mol. The molecule has 0 aromatic carbocycles. The maximum atomic E-state index is 10.3. The number of unbranched alkanes of at least 4 members (excludes halogenated alkanes) is 5. The van der Waals surface area contributed by atoms with E-state index in [9.17, 15) is 15.0 Å². The second-order valence-electron chi connectivity index (χ2n) is 5.66. The molecule has 0 aliphatic rings. The SMILES string of the molecule is CC[C@H](O)[C@H](O)C/C=C/C/C=C\CCCCCCCC(=O)O. The van der Waals surface area contributed by atoms with Crippen molar-refractivity contribution in [2.45, 2.75) is 83.3 Å². The Kier molecular flexibility index (Phi) is 14.0. The van der Waals surface area contributed by atoms with E-state index >= 15 is 0 Å². The van der Waals surface area contributed by atoms with E-state index in [-0.39, 0.29) is 6.42 Å². The lowest BCUT2D eigenvalue weighted by Gasteiger charge is -2.13. The van der Waals surface area contributed by atoms with Gasteiger partial charge in [0.2, 0.25) is 0 Å². The van der Waals surface area contributed by atoms with Gasteiger partial charge in [-0.05, 0) is 38.5 Å². The van der Waals surface area contributed by atoms with E-state index < -0.39 is 18.2 Å². The molecule has 0 bridgehead atoms. The Labute approximate surface area is 134 Å². The van der Waals surface area contributed by atoms with Crippen LogP contribution in [-0.2, 0) is 4.79 Å². The third-order valence-electron chi connectivity index (χ3n) is 3.61. The third-order valence-corrected chi connectivity index (χ3v) is 3.61. The number of carbonyl (C=O) groups is 1. The van der Waals surface area contributed by atoms with E-state index in [0.717, 1.165) is 44.9 Å². The number of hydrogen-bond donors (Lipinski definition) is 3. The highest BCUT2D eigenvalue weighted by Crippen LogP contribution is 2.08. The molecule has 128 valence electrons. The Balaban J connectivity index is 3.39. The lowest BCUT2D eigenvalue weighted by molar-refractivity contribution is -0.137. The number of hydrogen-bond acceptors (Lipinski definition) is 3. The van der Waals surface area contributed by atoms with E-state index in [0.29, 0.717) is 12.8 Å². The Morgan fingerprint density at radius 1 is 0.909 bits per heavy atom. The molecular weight excluding hydrogens is 280 g/mol. The average molecular weight is 312 g/mol. The van der Waals surface area contributed by atoms with Gasteiger partial charge in [-0.15, -0.1) is 0 Å². The Bertz CT molecular complexity index is 323. The van der Waals surface area contributed by atoms with Gasteiger partial charge in [0, 0.05) is 6.42 Å². The molecule has 0 spiro atoms. The summed E-state index contributed by atoms with van der Waals surface area (Å²) in [6.07, 6.45) is 15.4. The van der Waals surface area contributed by atoms with E-state index in [1.165, 1.54) is 0 Å². The zero-order valence-electron chi connectivity index (χ0n) is 13.8. The molecule has 0 unspecified atom stereocenters. The van der Waals surface area contributed by atoms with Crippen LogP contribution in [0.1, 0.15) is 71.1 Å². The van der Waals surface area contributed by atoms with Gasteiger partial charge < -0.3 is 15.3 Å². The van der Waals surface area contributed by atoms with Gasteiger partial charge in [0.1, 0.15) is 0 Å². The Hall–Kier alpha value is -1.13. The Morgan fingerprint density at radius 2 is 1.55 bits per heavy atom. The smallest absolute Gasteiger partial charge is 0.303 e. The van der Waals surface area contributed by atoms with Gasteiger partial charge in [0.25, 0.3) is 0 Å². The Morgan fingerprint density at radius 3 is 2.23 bits per heavy atom. The first-order chi connectivity index (χ1) is 10.6. The summed E-state index contributed by atoms with van der Waals surface area (Å²) in [7, 11) is 0. The van der Waals surface area contributed by atoms with Gasteiger partial charge in [0.05, 0.1) is 12.2 Å². The summed E-state index contributed by atoms with van der Waals surface area (Å²) >= 11 is 0. The maximum absolute atomic E-state index is 10.3. The summed E-state index contributed by atoms with van der Waals surface area (Å²) in [5.41, 5.74) is 0. The zero-order chi connectivity index (χ0) is 16.6. The molecule has 0 aliphatic carbocycles. The van der Waals surface area contributed by atoms with E-state index in [4.69, 9.17) is 5.11 Å². The summed E-state index contributed by atoms with van der Waals surface area (Å²) in [5.74, 6) is -0.701. The van der Waals surface area contributed by atoms with Crippen LogP contribution in [-0.4, -0.2) is 33.5 Å². The van der Waals surface area contributed by atoms with Crippen LogP contribution in [0.4, 0.5) is 0 Å². The van der Waals surface area contributed by atoms with Crippen molar-refractivity contribution in [2.75, 3.05) is 0 Å². The van der Waals surface area contributed by atoms with Gasteiger partial charge in [-0.2, -0.15) is 0 Å². The van der Waals surface area contributed by atoms with Crippen molar-refractivity contribution in [3.05, 3.63) is 24.3 Å². The molecule has 22 heavy (non-hydrogen) atoms. The van der Waals surface area contributed by atoms with Crippen LogP contribution >= 0.6 is 0 Å². The van der Waals surface area contributed by atoms with Crippen molar-refractivity contribution in [3.8, 4) is 0 Å². The molecule has 0 aliphatic heterocycles. The fourth-order valence-electron chi connectivity index (χ4n) is 2.12. The van der Waals surface area contributed by atoms with Crippen molar-refractivity contribution in [3.63, 3.8) is 0 Å². The monoisotopic (exact) mass is 312 g/mol. The molecule has 4 nitrogen and oxygen atoms in total. The van der Waals surface area contributed by atoms with Crippen LogP contribution in [0.3, 0.4) is 0 Å². The normalized spacial score (nSPS) is 14.7. The zero-order valence-corrected chi connectivity index (χ0v) is 13.8. The number of aliphatic carboxylic acids is 1. The molecule has 4 heteroatoms. The number of carboxylic acid groups (broad SMARTS) is 1. The van der Waals surface area contributed by atoms with E-state index in [1.54, 1.807) is 0 Å². The summed E-state index contributed by atoms with van der Waals surface area (Å²) in [6.45, 7) is 1.85. The highest BCUT2D eigenvalue weighted by Gasteiger charge is 2.11. The lowest BCUT2D eigenvalue weighted by Crippen LogP contribution is -2.23. The summed E-state index contributed by atoms with van der Waals surface area (Å²) < 4.78 is 0. The van der Waals surface area contributed by atoms with Crippen LogP contribution in [0.25, 0.3) is 0 Å². The largest absolute Gasteiger partial charge is 0.481 e. The first kappa shape index (κ1) is 20.9. The molecule has 0 saturated carbocycles. The van der Waals surface area contributed by atoms with Gasteiger partial charge in [-0.25, -0.2) is 0 Å². The quantitative estimate of drug-likeness (QED) is 0.336. The summed E-state index contributed by atoms with van der Waals surface area (Å²) in [4.78, 5) is 10.3. The molecule has 0 saturated heterocycles. The van der Waals surface area contributed by atoms with Crippen LogP contribution < -0.4 is 0 Å². The summed E-state index contributed by atoms with van der Waals surface area (Å²) in [6, 6.07) is 0. The number of carboxylic acids is 1. The molecule has 0 fully saturated rings. The fourth-order valence-corrected chi connectivity index (χ4v) is 2.12. The van der Waals surface area contributed by atoms with Gasteiger partial charge in [-0.1, -0.05) is 50.5 Å². The average Bonchev–Trinajstić information content (AvgIpc) is 2.50. The minimum absolute atomic E-state index is 0.288. The van der Waals surface area contributed by atoms with Gasteiger partial charge >= 0.3 is 5.97 Å². The number of aliphatic hydroxyl groups excluding tert-OH is 2. The topological polar surface area (TPSA) is 77.8 Å². The number of allylic oxidation sites excluding steroid dienone is 3. The molecule has 0 aromatic heterocycles. The highest BCUT2D eigenvalue weighted by atomic mass is 16.4. The van der Waals surface area contributed by atoms with Gasteiger partial charge in [0.15, 0.2) is 0 Å². The van der Waals surface area contributed by atoms with Crippen molar-refractivity contribution >= 4 is 5.97 Å².